The number of methoxy groups -OCH3 is 1. The van der Waals surface area contributed by atoms with Crippen LogP contribution in [0.2, 0.25) is 0 Å². The van der Waals surface area contributed by atoms with Crippen LogP contribution >= 0.6 is 0 Å². The van der Waals surface area contributed by atoms with E-state index in [-0.39, 0.29) is 6.04 Å². The number of benzene rings is 1. The van der Waals surface area contributed by atoms with Crippen LogP contribution in [0.1, 0.15) is 24.4 Å². The lowest BCUT2D eigenvalue weighted by Crippen LogP contribution is -2.21. The van der Waals surface area contributed by atoms with E-state index >= 15 is 0 Å². The summed E-state index contributed by atoms with van der Waals surface area (Å²) in [5, 5.41) is 6.98. The van der Waals surface area contributed by atoms with Crippen LogP contribution in [0.25, 0.3) is 0 Å². The zero-order valence-electron chi connectivity index (χ0n) is 10.6. The zero-order valence-corrected chi connectivity index (χ0v) is 10.6. The van der Waals surface area contributed by atoms with E-state index in [0.717, 1.165) is 24.3 Å². The lowest BCUT2D eigenvalue weighted by molar-refractivity contribution is 0.371. The molecule has 18 heavy (non-hydrogen) atoms. The van der Waals surface area contributed by atoms with Gasteiger partial charge in [0.2, 0.25) is 5.89 Å². The van der Waals surface area contributed by atoms with Crippen LogP contribution in [-0.4, -0.2) is 23.8 Å². The minimum Gasteiger partial charge on any atom is -0.496 e. The first-order valence-corrected chi connectivity index (χ1v) is 5.93. The highest BCUT2D eigenvalue weighted by atomic mass is 16.5. The number of hydrogen-bond acceptors (Lipinski definition) is 5. The van der Waals surface area contributed by atoms with E-state index in [4.69, 9.17) is 9.26 Å². The molecule has 1 N–H and O–H groups in total. The molecular formula is C13H17N3O2. The Morgan fingerprint density at radius 2 is 2.22 bits per heavy atom. The smallest absolute Gasteiger partial charge is 0.227 e. The highest BCUT2D eigenvalue weighted by molar-refractivity contribution is 5.35. The predicted octanol–water partition coefficient (Wildman–Crippen LogP) is 1.97. The van der Waals surface area contributed by atoms with Gasteiger partial charge in [0.15, 0.2) is 6.33 Å². The van der Waals surface area contributed by atoms with Crippen LogP contribution in [0.3, 0.4) is 0 Å². The number of nitrogens with zero attached hydrogens (tertiary/aromatic N) is 2. The van der Waals surface area contributed by atoms with E-state index in [2.05, 4.69) is 28.4 Å². The quantitative estimate of drug-likeness (QED) is 0.845. The fourth-order valence-electron chi connectivity index (χ4n) is 1.84. The molecule has 5 nitrogen and oxygen atoms in total. The monoisotopic (exact) mass is 247 g/mol. The molecule has 2 rings (SSSR count). The number of hydrogen-bond donors (Lipinski definition) is 1. The molecule has 1 atom stereocenters. The Balaban J connectivity index is 1.89. The molecule has 0 aliphatic carbocycles. The first-order chi connectivity index (χ1) is 8.81. The molecule has 96 valence electrons. The van der Waals surface area contributed by atoms with Gasteiger partial charge in [-0.2, -0.15) is 4.98 Å². The summed E-state index contributed by atoms with van der Waals surface area (Å²) in [5.41, 5.74) is 1.14. The lowest BCUT2D eigenvalue weighted by Gasteiger charge is -2.16. The summed E-state index contributed by atoms with van der Waals surface area (Å²) in [6.07, 6.45) is 2.14. The second-order valence-corrected chi connectivity index (χ2v) is 4.00. The highest BCUT2D eigenvalue weighted by Crippen LogP contribution is 2.23. The molecule has 5 heteroatoms. The topological polar surface area (TPSA) is 60.2 Å². The van der Waals surface area contributed by atoms with Crippen molar-refractivity contribution in [2.45, 2.75) is 19.4 Å². The van der Waals surface area contributed by atoms with Crippen molar-refractivity contribution in [3.8, 4) is 5.75 Å². The number of ether oxygens (including phenoxy) is 1. The van der Waals surface area contributed by atoms with E-state index in [0.29, 0.717) is 5.89 Å². The summed E-state index contributed by atoms with van der Waals surface area (Å²) in [6.45, 7) is 2.88. The maximum Gasteiger partial charge on any atom is 0.227 e. The van der Waals surface area contributed by atoms with Gasteiger partial charge in [0.1, 0.15) is 5.75 Å². The van der Waals surface area contributed by atoms with Gasteiger partial charge in [-0.05, 0) is 13.0 Å². The summed E-state index contributed by atoms with van der Waals surface area (Å²) < 4.78 is 10.3. The van der Waals surface area contributed by atoms with Gasteiger partial charge in [-0.15, -0.1) is 0 Å². The Bertz CT molecular complexity index is 471. The largest absolute Gasteiger partial charge is 0.496 e. The molecule has 0 spiro atoms. The van der Waals surface area contributed by atoms with Crippen LogP contribution < -0.4 is 10.1 Å². The summed E-state index contributed by atoms with van der Waals surface area (Å²) in [7, 11) is 1.68. The third kappa shape index (κ3) is 3.07. The number of para-hydroxylation sites is 1. The molecule has 0 saturated carbocycles. The molecule has 0 saturated heterocycles. The summed E-state index contributed by atoms with van der Waals surface area (Å²) in [6, 6.07) is 8.21. The minimum absolute atomic E-state index is 0.212. The Morgan fingerprint density at radius 3 is 2.94 bits per heavy atom. The number of rotatable bonds is 6. The third-order valence-corrected chi connectivity index (χ3v) is 2.80. The second-order valence-electron chi connectivity index (χ2n) is 4.00. The van der Waals surface area contributed by atoms with Gasteiger partial charge >= 0.3 is 0 Å². The predicted molar refractivity (Wildman–Crippen MR) is 67.4 cm³/mol. The Labute approximate surface area is 106 Å². The molecule has 1 aromatic heterocycles. The standard InChI is InChI=1S/C13H17N3O2/c1-10(11-5-3-4-6-12(11)17-2)14-8-7-13-15-9-16-18-13/h3-6,9-10,14H,7-8H2,1-2H3. The van der Waals surface area contributed by atoms with Crippen molar-refractivity contribution >= 4 is 0 Å². The van der Waals surface area contributed by atoms with Crippen LogP contribution in [0.4, 0.5) is 0 Å². The molecule has 2 aromatic rings. The molecule has 0 aliphatic heterocycles. The SMILES string of the molecule is COc1ccccc1C(C)NCCc1ncno1. The van der Waals surface area contributed by atoms with Crippen LogP contribution in [-0.2, 0) is 6.42 Å². The van der Waals surface area contributed by atoms with Crippen molar-refractivity contribution in [1.82, 2.24) is 15.5 Å². The highest BCUT2D eigenvalue weighted by Gasteiger charge is 2.10. The summed E-state index contributed by atoms with van der Waals surface area (Å²) in [5.74, 6) is 1.55. The van der Waals surface area contributed by atoms with Gasteiger partial charge in [-0.1, -0.05) is 23.4 Å². The first-order valence-electron chi connectivity index (χ1n) is 5.93. The summed E-state index contributed by atoms with van der Waals surface area (Å²) >= 11 is 0. The fraction of sp³-hybridized carbons (Fsp3) is 0.385. The van der Waals surface area contributed by atoms with Crippen molar-refractivity contribution in [3.05, 3.63) is 42.0 Å². The van der Waals surface area contributed by atoms with E-state index < -0.39 is 0 Å². The molecule has 1 heterocycles. The van der Waals surface area contributed by atoms with Gasteiger partial charge in [0, 0.05) is 24.6 Å². The van der Waals surface area contributed by atoms with Crippen molar-refractivity contribution in [3.63, 3.8) is 0 Å². The Kier molecular flexibility index (Phi) is 4.30. The molecule has 0 amide bonds. The van der Waals surface area contributed by atoms with E-state index in [9.17, 15) is 0 Å². The van der Waals surface area contributed by atoms with E-state index in [1.165, 1.54) is 6.33 Å². The molecule has 0 aliphatic rings. The number of nitrogens with one attached hydrogen (secondary N) is 1. The Morgan fingerprint density at radius 1 is 1.39 bits per heavy atom. The van der Waals surface area contributed by atoms with Gasteiger partial charge in [0.05, 0.1) is 7.11 Å². The van der Waals surface area contributed by atoms with Crippen molar-refractivity contribution in [2.75, 3.05) is 13.7 Å². The van der Waals surface area contributed by atoms with Crippen molar-refractivity contribution < 1.29 is 9.26 Å². The molecule has 1 unspecified atom stereocenters. The van der Waals surface area contributed by atoms with Gasteiger partial charge in [-0.25, -0.2) is 0 Å². The number of aromatic nitrogens is 2. The lowest BCUT2D eigenvalue weighted by atomic mass is 10.1. The minimum atomic E-state index is 0.212. The molecule has 0 bridgehead atoms. The second kappa shape index (κ2) is 6.16. The zero-order chi connectivity index (χ0) is 12.8. The summed E-state index contributed by atoms with van der Waals surface area (Å²) in [4.78, 5) is 3.98. The molecular weight excluding hydrogens is 230 g/mol. The van der Waals surface area contributed by atoms with Crippen LogP contribution in [0, 0.1) is 0 Å². The van der Waals surface area contributed by atoms with Crippen molar-refractivity contribution in [1.29, 1.82) is 0 Å². The Hall–Kier alpha value is -1.88. The van der Waals surface area contributed by atoms with E-state index in [1.807, 2.05) is 18.2 Å². The third-order valence-electron chi connectivity index (χ3n) is 2.80. The van der Waals surface area contributed by atoms with Crippen LogP contribution in [0.5, 0.6) is 5.75 Å². The first kappa shape index (κ1) is 12.6. The average Bonchev–Trinajstić information content (AvgIpc) is 2.91. The molecule has 0 radical (unpaired) electrons. The maximum atomic E-state index is 5.34. The van der Waals surface area contributed by atoms with E-state index in [1.54, 1.807) is 7.11 Å². The van der Waals surface area contributed by atoms with Gasteiger partial charge in [-0.3, -0.25) is 0 Å². The molecule has 0 fully saturated rings. The average molecular weight is 247 g/mol. The fourth-order valence-corrected chi connectivity index (χ4v) is 1.84. The maximum absolute atomic E-state index is 5.34. The van der Waals surface area contributed by atoms with Crippen molar-refractivity contribution in [2.24, 2.45) is 0 Å². The molecule has 1 aromatic carbocycles. The van der Waals surface area contributed by atoms with Gasteiger partial charge in [0.25, 0.3) is 0 Å². The van der Waals surface area contributed by atoms with Gasteiger partial charge < -0.3 is 14.6 Å². The normalized spacial score (nSPS) is 12.3. The van der Waals surface area contributed by atoms with Crippen LogP contribution in [0.15, 0.2) is 35.1 Å².